The highest BCUT2D eigenvalue weighted by molar-refractivity contribution is 5.99. The fourth-order valence-corrected chi connectivity index (χ4v) is 7.07. The Hall–Kier alpha value is -6.30. The number of aryl methyl sites for hydroxylation is 2. The molecule has 0 saturated heterocycles. The first-order valence-corrected chi connectivity index (χ1v) is 16.8. The summed E-state index contributed by atoms with van der Waals surface area (Å²) in [7, 11) is 0. The second kappa shape index (κ2) is 13.1. The summed E-state index contributed by atoms with van der Waals surface area (Å²) in [6.45, 7) is 4.44. The van der Waals surface area contributed by atoms with Gasteiger partial charge in [-0.25, -0.2) is 0 Å². The summed E-state index contributed by atoms with van der Waals surface area (Å²) in [5.41, 5.74) is 10.6. The molecule has 0 saturated carbocycles. The molecular formula is C47H36N2. The van der Waals surface area contributed by atoms with Crippen LogP contribution in [0.5, 0.6) is 0 Å². The van der Waals surface area contributed by atoms with Crippen molar-refractivity contribution in [2.75, 3.05) is 9.80 Å². The van der Waals surface area contributed by atoms with E-state index < -0.39 is 0 Å². The van der Waals surface area contributed by atoms with Crippen LogP contribution in [0, 0.1) is 25.7 Å². The summed E-state index contributed by atoms with van der Waals surface area (Å²) < 4.78 is 0. The molecule has 0 heterocycles. The van der Waals surface area contributed by atoms with Gasteiger partial charge in [0.1, 0.15) is 6.04 Å². The van der Waals surface area contributed by atoms with Crippen LogP contribution in [0.3, 0.4) is 0 Å². The first-order valence-electron chi connectivity index (χ1n) is 16.8. The minimum absolute atomic E-state index is 0.106. The lowest BCUT2D eigenvalue weighted by atomic mass is 9.94. The molecule has 0 bridgehead atoms. The Morgan fingerprint density at radius 1 is 0.490 bits per heavy atom. The highest BCUT2D eigenvalue weighted by Gasteiger charge is 2.21. The molecule has 7 aromatic rings. The lowest BCUT2D eigenvalue weighted by Gasteiger charge is -2.31. The number of anilines is 5. The smallest absolute Gasteiger partial charge is 0.114 e. The molecule has 0 radical (unpaired) electrons. The fraction of sp³-hybridized carbons (Fsp3) is 0.0638. The van der Waals surface area contributed by atoms with Gasteiger partial charge in [-0.05, 0) is 108 Å². The Labute approximate surface area is 288 Å². The summed E-state index contributed by atoms with van der Waals surface area (Å²) in [5.74, 6) is 6.70. The van der Waals surface area contributed by atoms with Crippen molar-refractivity contribution in [2.24, 2.45) is 0 Å². The van der Waals surface area contributed by atoms with Crippen LogP contribution in [0.4, 0.5) is 28.4 Å². The molecule has 0 amide bonds. The van der Waals surface area contributed by atoms with Crippen LogP contribution < -0.4 is 9.80 Å². The van der Waals surface area contributed by atoms with Gasteiger partial charge in [-0.15, -0.1) is 0 Å². The van der Waals surface area contributed by atoms with E-state index in [1.807, 2.05) is 12.2 Å². The molecule has 234 valence electrons. The van der Waals surface area contributed by atoms with E-state index in [0.717, 1.165) is 28.4 Å². The highest BCUT2D eigenvalue weighted by atomic mass is 15.2. The summed E-state index contributed by atoms with van der Waals surface area (Å²) in [5, 5.41) is 4.87. The first-order chi connectivity index (χ1) is 24.2. The van der Waals surface area contributed by atoms with Gasteiger partial charge >= 0.3 is 0 Å². The molecule has 0 N–H and O–H groups in total. The second-order valence-electron chi connectivity index (χ2n) is 12.5. The van der Waals surface area contributed by atoms with E-state index in [1.165, 1.54) is 43.8 Å². The molecule has 2 heteroatoms. The molecule has 49 heavy (non-hydrogen) atoms. The highest BCUT2D eigenvalue weighted by Crippen LogP contribution is 2.42. The molecule has 1 aliphatic carbocycles. The Morgan fingerprint density at radius 2 is 1.06 bits per heavy atom. The molecule has 2 nitrogen and oxygen atoms in total. The molecule has 8 rings (SSSR count). The molecule has 1 aliphatic rings. The Kier molecular flexibility index (Phi) is 8.02. The van der Waals surface area contributed by atoms with E-state index >= 15 is 0 Å². The normalized spacial score (nSPS) is 13.6. The largest absolute Gasteiger partial charge is 0.323 e. The summed E-state index contributed by atoms with van der Waals surface area (Å²) in [6.07, 6.45) is 8.18. The van der Waals surface area contributed by atoms with Gasteiger partial charge in [0.2, 0.25) is 0 Å². The molecule has 7 aromatic carbocycles. The van der Waals surface area contributed by atoms with E-state index in [0.29, 0.717) is 0 Å². The predicted molar refractivity (Wildman–Crippen MR) is 209 cm³/mol. The third-order valence-electron chi connectivity index (χ3n) is 9.39. The van der Waals surface area contributed by atoms with Crippen LogP contribution in [0.1, 0.15) is 11.1 Å². The topological polar surface area (TPSA) is 6.48 Å². The third kappa shape index (κ3) is 5.77. The second-order valence-corrected chi connectivity index (χ2v) is 12.5. The minimum atomic E-state index is -0.106. The number of para-hydroxylation sites is 1. The van der Waals surface area contributed by atoms with Crippen molar-refractivity contribution < 1.29 is 0 Å². The minimum Gasteiger partial charge on any atom is -0.323 e. The van der Waals surface area contributed by atoms with E-state index in [4.69, 9.17) is 0 Å². The van der Waals surface area contributed by atoms with Crippen LogP contribution in [0.25, 0.3) is 32.7 Å². The maximum Gasteiger partial charge on any atom is 0.114 e. The fourth-order valence-electron chi connectivity index (χ4n) is 7.07. The summed E-state index contributed by atoms with van der Waals surface area (Å²) >= 11 is 0. The van der Waals surface area contributed by atoms with Crippen LogP contribution >= 0.6 is 0 Å². The van der Waals surface area contributed by atoms with Crippen LogP contribution in [0.15, 0.2) is 176 Å². The van der Waals surface area contributed by atoms with Gasteiger partial charge in [0, 0.05) is 27.8 Å². The lowest BCUT2D eigenvalue weighted by molar-refractivity contribution is 0.974. The van der Waals surface area contributed by atoms with Gasteiger partial charge in [-0.2, -0.15) is 0 Å². The van der Waals surface area contributed by atoms with E-state index in [-0.39, 0.29) is 6.04 Å². The van der Waals surface area contributed by atoms with Crippen molar-refractivity contribution in [1.82, 2.24) is 0 Å². The van der Waals surface area contributed by atoms with E-state index in [2.05, 4.69) is 199 Å². The number of nitrogens with zero attached hydrogens (tertiary/aromatic N) is 2. The maximum atomic E-state index is 3.47. The van der Waals surface area contributed by atoms with E-state index in [9.17, 15) is 0 Å². The number of fused-ring (bicyclic) bond motifs is 2. The number of hydrogen-bond donors (Lipinski definition) is 0. The number of allylic oxidation sites excluding steroid dienone is 3. The first kappa shape index (κ1) is 30.1. The molecule has 0 fully saturated rings. The lowest BCUT2D eigenvalue weighted by Crippen LogP contribution is -2.28. The van der Waals surface area contributed by atoms with Crippen molar-refractivity contribution in [2.45, 2.75) is 19.9 Å². The zero-order valence-corrected chi connectivity index (χ0v) is 27.7. The average Bonchev–Trinajstić information content (AvgIpc) is 3.43. The van der Waals surface area contributed by atoms with Gasteiger partial charge in [0.25, 0.3) is 0 Å². The Balaban J connectivity index is 1.21. The van der Waals surface area contributed by atoms with Crippen LogP contribution in [0.2, 0.25) is 0 Å². The van der Waals surface area contributed by atoms with Crippen molar-refractivity contribution in [3.63, 3.8) is 0 Å². The van der Waals surface area contributed by atoms with Gasteiger partial charge in [0.15, 0.2) is 0 Å². The standard InChI is InChI=1S/C47H36N2/c1-34-32-40(48(38-20-6-3-4-7-21-38)46-26-14-18-36-16-10-12-24-44(36)46)28-30-42(34)43-31-29-41(33-35(43)2)49(39-22-8-5-9-23-39)47-27-15-19-37-17-11-13-25-45(37)47/h3-6,8-20,22-33,38H,1-2H3. The molecule has 1 unspecified atom stereocenters. The molecule has 0 aliphatic heterocycles. The van der Waals surface area contributed by atoms with Crippen molar-refractivity contribution in [3.05, 3.63) is 187 Å². The number of benzene rings is 7. The van der Waals surface area contributed by atoms with Crippen LogP contribution in [-0.2, 0) is 0 Å². The zero-order chi connectivity index (χ0) is 33.2. The van der Waals surface area contributed by atoms with Crippen LogP contribution in [-0.4, -0.2) is 6.04 Å². The van der Waals surface area contributed by atoms with Gasteiger partial charge in [-0.1, -0.05) is 127 Å². The third-order valence-corrected chi connectivity index (χ3v) is 9.39. The Bertz CT molecular complexity index is 2430. The SMILES string of the molecule is Cc1cc(N(c2ccccc2)c2cccc3ccccc23)ccc1-c1ccc(N(c2cccc3ccccc23)C2C#CC=CC=C2)cc1C. The van der Waals surface area contributed by atoms with Gasteiger partial charge in [0.05, 0.1) is 11.4 Å². The average molecular weight is 629 g/mol. The van der Waals surface area contributed by atoms with Gasteiger partial charge < -0.3 is 9.80 Å². The molecule has 0 aromatic heterocycles. The van der Waals surface area contributed by atoms with Crippen molar-refractivity contribution in [1.29, 1.82) is 0 Å². The maximum absolute atomic E-state index is 3.47. The zero-order valence-electron chi connectivity index (χ0n) is 27.7. The van der Waals surface area contributed by atoms with Crippen molar-refractivity contribution in [3.8, 4) is 23.0 Å². The molecular weight excluding hydrogens is 593 g/mol. The van der Waals surface area contributed by atoms with E-state index in [1.54, 1.807) is 0 Å². The molecule has 0 spiro atoms. The quantitative estimate of drug-likeness (QED) is 0.162. The monoisotopic (exact) mass is 628 g/mol. The Morgan fingerprint density at radius 3 is 1.76 bits per heavy atom. The molecule has 1 atom stereocenters. The number of rotatable bonds is 7. The van der Waals surface area contributed by atoms with Crippen molar-refractivity contribution >= 4 is 50.0 Å². The number of hydrogen-bond acceptors (Lipinski definition) is 2. The predicted octanol–water partition coefficient (Wildman–Crippen LogP) is 12.4. The summed E-state index contributed by atoms with van der Waals surface area (Å²) in [4.78, 5) is 4.74. The van der Waals surface area contributed by atoms with Gasteiger partial charge in [-0.3, -0.25) is 0 Å². The summed E-state index contributed by atoms with van der Waals surface area (Å²) in [6, 6.07) is 54.5.